The van der Waals surface area contributed by atoms with E-state index in [-0.39, 0.29) is 17.8 Å². The van der Waals surface area contributed by atoms with E-state index in [1.54, 1.807) is 4.52 Å². The smallest absolute Gasteiger partial charge is 0.338 e. The van der Waals surface area contributed by atoms with Crippen molar-refractivity contribution in [3.05, 3.63) is 69.6 Å². The second-order valence-corrected chi connectivity index (χ2v) is 10.8. The van der Waals surface area contributed by atoms with E-state index in [1.807, 2.05) is 26.0 Å². The van der Waals surface area contributed by atoms with Crippen LogP contribution in [0.1, 0.15) is 99.8 Å². The number of carbonyl (C=O) groups excluding carboxylic acids is 1. The SMILES string of the molecule is CCCCCC[C@@]1(CCc2cc(CC)nc(CC)c2)CC(O)=C(Cc2nc3cc(C)cc(C)n3n2)C(=O)O1. The molecule has 0 aromatic carbocycles. The number of rotatable bonds is 12. The number of nitrogens with zero attached hydrogens (tertiary/aromatic N) is 4. The number of carbonyl (C=O) groups is 1. The van der Waals surface area contributed by atoms with Crippen molar-refractivity contribution >= 4 is 11.6 Å². The maximum Gasteiger partial charge on any atom is 0.338 e. The number of aromatic nitrogens is 4. The molecule has 0 bridgehead atoms. The number of hydrogen-bond donors (Lipinski definition) is 1. The number of ether oxygens (including phenoxy) is 1. The van der Waals surface area contributed by atoms with E-state index >= 15 is 0 Å². The van der Waals surface area contributed by atoms with Gasteiger partial charge in [-0.1, -0.05) is 40.0 Å². The monoisotopic (exact) mass is 518 g/mol. The van der Waals surface area contributed by atoms with Crippen LogP contribution in [0.4, 0.5) is 0 Å². The summed E-state index contributed by atoms with van der Waals surface area (Å²) in [6, 6.07) is 8.33. The molecule has 0 radical (unpaired) electrons. The Morgan fingerprint density at radius 1 is 0.974 bits per heavy atom. The molecule has 0 saturated heterocycles. The fraction of sp³-hybridized carbons (Fsp3) is 0.548. The number of esters is 1. The Labute approximate surface area is 226 Å². The van der Waals surface area contributed by atoms with Crippen LogP contribution < -0.4 is 0 Å². The van der Waals surface area contributed by atoms with E-state index < -0.39 is 11.6 Å². The molecule has 0 unspecified atom stereocenters. The van der Waals surface area contributed by atoms with Crippen molar-refractivity contribution in [2.24, 2.45) is 0 Å². The third-order valence-corrected chi connectivity index (χ3v) is 7.60. The van der Waals surface area contributed by atoms with Gasteiger partial charge in [0.2, 0.25) is 0 Å². The maximum atomic E-state index is 13.3. The number of aryl methyl sites for hydroxylation is 5. The Kier molecular flexibility index (Phi) is 8.85. The molecule has 7 nitrogen and oxygen atoms in total. The third kappa shape index (κ3) is 6.43. The molecule has 38 heavy (non-hydrogen) atoms. The standard InChI is InChI=1S/C31H42N4O3/c1-6-9-10-11-13-31(14-12-23-17-24(7-2)32-25(8-3)18-23)20-27(36)26(30(37)38-31)19-28-33-29-16-21(4)15-22(5)35(29)34-28/h15-18,36H,6-14,19-20H2,1-5H3/t31-/m1/s1. The number of hydrogen-bond acceptors (Lipinski definition) is 6. The number of cyclic esters (lactones) is 1. The number of pyridine rings is 2. The van der Waals surface area contributed by atoms with Crippen molar-refractivity contribution in [2.45, 2.75) is 111 Å². The van der Waals surface area contributed by atoms with Crippen LogP contribution >= 0.6 is 0 Å². The van der Waals surface area contributed by atoms with Gasteiger partial charge in [0, 0.05) is 29.9 Å². The van der Waals surface area contributed by atoms with Crippen LogP contribution in [0.15, 0.2) is 35.6 Å². The van der Waals surface area contributed by atoms with Gasteiger partial charge >= 0.3 is 5.97 Å². The van der Waals surface area contributed by atoms with Crippen LogP contribution in [0.3, 0.4) is 0 Å². The van der Waals surface area contributed by atoms with Crippen molar-refractivity contribution in [1.82, 2.24) is 19.6 Å². The molecular formula is C31H42N4O3. The molecule has 0 aliphatic carbocycles. The quantitative estimate of drug-likeness (QED) is 0.217. The Hall–Kier alpha value is -3.22. The molecule has 7 heteroatoms. The zero-order valence-corrected chi connectivity index (χ0v) is 23.6. The first-order valence-electron chi connectivity index (χ1n) is 14.2. The molecule has 204 valence electrons. The Morgan fingerprint density at radius 3 is 2.37 bits per heavy atom. The van der Waals surface area contributed by atoms with Gasteiger partial charge in [-0.2, -0.15) is 5.10 Å². The lowest BCUT2D eigenvalue weighted by Crippen LogP contribution is -2.41. The number of aliphatic hydroxyl groups excluding tert-OH is 1. The van der Waals surface area contributed by atoms with Crippen molar-refractivity contribution < 1.29 is 14.6 Å². The van der Waals surface area contributed by atoms with Gasteiger partial charge in [0.15, 0.2) is 11.5 Å². The summed E-state index contributed by atoms with van der Waals surface area (Å²) >= 11 is 0. The van der Waals surface area contributed by atoms with Gasteiger partial charge in [-0.3, -0.25) is 4.98 Å². The van der Waals surface area contributed by atoms with Gasteiger partial charge in [0.05, 0.1) is 5.57 Å². The highest BCUT2D eigenvalue weighted by atomic mass is 16.6. The van der Waals surface area contributed by atoms with Gasteiger partial charge in [-0.15, -0.1) is 0 Å². The molecule has 0 saturated carbocycles. The summed E-state index contributed by atoms with van der Waals surface area (Å²) < 4.78 is 8.00. The molecule has 1 N–H and O–H groups in total. The average Bonchev–Trinajstić information content (AvgIpc) is 3.30. The summed E-state index contributed by atoms with van der Waals surface area (Å²) in [5.41, 5.74) is 5.77. The molecule has 4 rings (SSSR count). The van der Waals surface area contributed by atoms with Crippen LogP contribution in [0.25, 0.3) is 5.65 Å². The predicted molar refractivity (Wildman–Crippen MR) is 149 cm³/mol. The van der Waals surface area contributed by atoms with Gasteiger partial charge in [-0.25, -0.2) is 14.3 Å². The lowest BCUT2D eigenvalue weighted by molar-refractivity contribution is -0.161. The van der Waals surface area contributed by atoms with E-state index in [1.165, 1.54) is 5.56 Å². The summed E-state index contributed by atoms with van der Waals surface area (Å²) in [5.74, 6) is 0.166. The van der Waals surface area contributed by atoms with E-state index in [9.17, 15) is 9.90 Å². The Morgan fingerprint density at radius 2 is 1.71 bits per heavy atom. The van der Waals surface area contributed by atoms with Crippen LogP contribution in [0.2, 0.25) is 0 Å². The van der Waals surface area contributed by atoms with E-state index in [0.29, 0.717) is 18.7 Å². The lowest BCUT2D eigenvalue weighted by Gasteiger charge is -2.37. The third-order valence-electron chi connectivity index (χ3n) is 7.60. The molecule has 3 aromatic heterocycles. The second kappa shape index (κ2) is 12.1. The van der Waals surface area contributed by atoms with E-state index in [4.69, 9.17) is 9.72 Å². The van der Waals surface area contributed by atoms with Crippen molar-refractivity contribution in [3.8, 4) is 0 Å². The first-order valence-corrected chi connectivity index (χ1v) is 14.2. The average molecular weight is 519 g/mol. The van der Waals surface area contributed by atoms with E-state index in [0.717, 1.165) is 79.7 Å². The van der Waals surface area contributed by atoms with Crippen molar-refractivity contribution in [1.29, 1.82) is 0 Å². The Balaban J connectivity index is 1.56. The molecule has 0 amide bonds. The highest BCUT2D eigenvalue weighted by Gasteiger charge is 2.41. The summed E-state index contributed by atoms with van der Waals surface area (Å²) in [5, 5.41) is 15.8. The van der Waals surface area contributed by atoms with Gasteiger partial charge in [0.1, 0.15) is 11.4 Å². The van der Waals surface area contributed by atoms with Crippen LogP contribution in [0, 0.1) is 13.8 Å². The van der Waals surface area contributed by atoms with Crippen LogP contribution in [-0.4, -0.2) is 36.3 Å². The summed E-state index contributed by atoms with van der Waals surface area (Å²) in [4.78, 5) is 22.7. The summed E-state index contributed by atoms with van der Waals surface area (Å²) in [6.45, 7) is 10.4. The topological polar surface area (TPSA) is 89.6 Å². The zero-order chi connectivity index (χ0) is 27.3. The molecule has 0 spiro atoms. The summed E-state index contributed by atoms with van der Waals surface area (Å²) in [7, 11) is 0. The molecule has 4 heterocycles. The normalized spacial score (nSPS) is 17.9. The number of fused-ring (bicyclic) bond motifs is 1. The highest BCUT2D eigenvalue weighted by molar-refractivity contribution is 5.90. The molecule has 1 aliphatic rings. The number of aliphatic hydroxyl groups is 1. The fourth-order valence-electron chi connectivity index (χ4n) is 5.46. The molecule has 0 fully saturated rings. The minimum absolute atomic E-state index is 0.113. The molecular weight excluding hydrogens is 476 g/mol. The zero-order valence-electron chi connectivity index (χ0n) is 23.6. The van der Waals surface area contributed by atoms with Gasteiger partial charge < -0.3 is 9.84 Å². The summed E-state index contributed by atoms with van der Waals surface area (Å²) in [6.07, 6.45) is 8.81. The first-order chi connectivity index (χ1) is 18.3. The Bertz CT molecular complexity index is 1300. The number of unbranched alkanes of at least 4 members (excludes halogenated alkanes) is 3. The maximum absolute atomic E-state index is 13.3. The van der Waals surface area contributed by atoms with Crippen molar-refractivity contribution in [3.63, 3.8) is 0 Å². The van der Waals surface area contributed by atoms with Crippen molar-refractivity contribution in [2.75, 3.05) is 0 Å². The van der Waals surface area contributed by atoms with E-state index in [2.05, 4.69) is 43.0 Å². The second-order valence-electron chi connectivity index (χ2n) is 10.8. The minimum Gasteiger partial charge on any atom is -0.512 e. The fourth-order valence-corrected chi connectivity index (χ4v) is 5.46. The molecule has 1 atom stereocenters. The lowest BCUT2D eigenvalue weighted by atomic mass is 9.82. The highest BCUT2D eigenvalue weighted by Crippen LogP contribution is 2.38. The molecule has 1 aliphatic heterocycles. The van der Waals surface area contributed by atoms with Crippen LogP contribution in [-0.2, 0) is 35.2 Å². The molecule has 3 aromatic rings. The minimum atomic E-state index is -0.708. The van der Waals surface area contributed by atoms with Gasteiger partial charge in [-0.05, 0) is 87.8 Å². The van der Waals surface area contributed by atoms with Crippen LogP contribution in [0.5, 0.6) is 0 Å². The van der Waals surface area contributed by atoms with Gasteiger partial charge in [0.25, 0.3) is 0 Å². The largest absolute Gasteiger partial charge is 0.512 e. The first kappa shape index (κ1) is 27.8. The predicted octanol–water partition coefficient (Wildman–Crippen LogP) is 6.51.